The van der Waals surface area contributed by atoms with Crippen LogP contribution in [-0.4, -0.2) is 74.2 Å². The zero-order valence-electron chi connectivity index (χ0n) is 13.2. The number of methoxy groups -OCH3 is 1. The lowest BCUT2D eigenvalue weighted by atomic mass is 10.0. The van der Waals surface area contributed by atoms with Crippen molar-refractivity contribution in [3.8, 4) is 0 Å². The summed E-state index contributed by atoms with van der Waals surface area (Å²) in [5, 5.41) is 3.11. The Hall–Kier alpha value is -0.650. The molecule has 2 rings (SSSR count). The Bertz CT molecular complexity index is 323. The van der Waals surface area contributed by atoms with Crippen LogP contribution in [0.15, 0.2) is 0 Å². The monoisotopic (exact) mass is 283 g/mol. The molecule has 2 fully saturated rings. The van der Waals surface area contributed by atoms with Gasteiger partial charge in [-0.05, 0) is 26.8 Å². The van der Waals surface area contributed by atoms with Crippen LogP contribution in [0.25, 0.3) is 0 Å². The minimum absolute atomic E-state index is 0.182. The number of hydrogen-bond acceptors (Lipinski definition) is 5. The van der Waals surface area contributed by atoms with Crippen LogP contribution < -0.4 is 5.32 Å². The third-order valence-electron chi connectivity index (χ3n) is 4.98. The summed E-state index contributed by atoms with van der Waals surface area (Å²) >= 11 is 0. The second-order valence-electron chi connectivity index (χ2n) is 6.32. The standard InChI is InChI=1S/C15H29N3O2/c1-15(16-2,14(19)20-3)12-17-8-10-18(11-9-17)13-6-4-5-7-13/h13,16H,4-12H2,1-3H3. The minimum atomic E-state index is -0.607. The molecule has 1 saturated heterocycles. The molecule has 0 aromatic carbocycles. The van der Waals surface area contributed by atoms with Crippen LogP contribution in [0.4, 0.5) is 0 Å². The molecule has 20 heavy (non-hydrogen) atoms. The molecule has 1 unspecified atom stereocenters. The molecular formula is C15H29N3O2. The Morgan fingerprint density at radius 1 is 1.25 bits per heavy atom. The van der Waals surface area contributed by atoms with Gasteiger partial charge in [0, 0.05) is 38.8 Å². The van der Waals surface area contributed by atoms with Gasteiger partial charge in [-0.1, -0.05) is 12.8 Å². The number of carbonyl (C=O) groups is 1. The number of rotatable bonds is 5. The van der Waals surface area contributed by atoms with E-state index in [1.54, 1.807) is 0 Å². The van der Waals surface area contributed by atoms with Crippen molar-refractivity contribution in [2.45, 2.75) is 44.2 Å². The highest BCUT2D eigenvalue weighted by Crippen LogP contribution is 2.24. The first-order valence-corrected chi connectivity index (χ1v) is 7.83. The number of carbonyl (C=O) groups excluding carboxylic acids is 1. The van der Waals surface area contributed by atoms with E-state index in [4.69, 9.17) is 4.74 Å². The van der Waals surface area contributed by atoms with E-state index in [1.165, 1.54) is 32.8 Å². The average Bonchev–Trinajstić information content (AvgIpc) is 3.01. The summed E-state index contributed by atoms with van der Waals surface area (Å²) in [6, 6.07) is 0.813. The molecule has 1 aliphatic heterocycles. The topological polar surface area (TPSA) is 44.8 Å². The second-order valence-corrected chi connectivity index (χ2v) is 6.32. The first-order chi connectivity index (χ1) is 9.59. The van der Waals surface area contributed by atoms with Crippen molar-refractivity contribution >= 4 is 5.97 Å². The molecule has 1 saturated carbocycles. The van der Waals surface area contributed by atoms with Crippen LogP contribution in [0.3, 0.4) is 0 Å². The van der Waals surface area contributed by atoms with E-state index in [1.807, 2.05) is 14.0 Å². The summed E-state index contributed by atoms with van der Waals surface area (Å²) in [6.07, 6.45) is 5.53. The lowest BCUT2D eigenvalue weighted by molar-refractivity contribution is -0.148. The van der Waals surface area contributed by atoms with Crippen molar-refractivity contribution in [2.75, 3.05) is 46.9 Å². The Kier molecular flexibility index (Phi) is 5.41. The van der Waals surface area contributed by atoms with Crippen molar-refractivity contribution in [1.29, 1.82) is 0 Å². The van der Waals surface area contributed by atoms with E-state index in [-0.39, 0.29) is 5.97 Å². The van der Waals surface area contributed by atoms with Gasteiger partial charge in [0.2, 0.25) is 0 Å². The van der Waals surface area contributed by atoms with Crippen LogP contribution in [-0.2, 0) is 9.53 Å². The number of nitrogens with zero attached hydrogens (tertiary/aromatic N) is 2. The van der Waals surface area contributed by atoms with Crippen molar-refractivity contribution < 1.29 is 9.53 Å². The fraction of sp³-hybridized carbons (Fsp3) is 0.933. The van der Waals surface area contributed by atoms with Crippen molar-refractivity contribution in [3.05, 3.63) is 0 Å². The molecule has 0 bridgehead atoms. The molecule has 1 aliphatic carbocycles. The van der Waals surface area contributed by atoms with Gasteiger partial charge in [0.25, 0.3) is 0 Å². The molecule has 5 nitrogen and oxygen atoms in total. The lowest BCUT2D eigenvalue weighted by Gasteiger charge is -2.41. The number of likely N-dealkylation sites (N-methyl/N-ethyl adjacent to an activating group) is 1. The largest absolute Gasteiger partial charge is 0.468 e. The Morgan fingerprint density at radius 2 is 1.85 bits per heavy atom. The smallest absolute Gasteiger partial charge is 0.327 e. The van der Waals surface area contributed by atoms with E-state index in [0.717, 1.165) is 32.2 Å². The molecule has 116 valence electrons. The maximum absolute atomic E-state index is 11.9. The quantitative estimate of drug-likeness (QED) is 0.753. The van der Waals surface area contributed by atoms with Gasteiger partial charge in [0.1, 0.15) is 5.54 Å². The van der Waals surface area contributed by atoms with Crippen molar-refractivity contribution in [2.24, 2.45) is 0 Å². The second kappa shape index (κ2) is 6.87. The van der Waals surface area contributed by atoms with Gasteiger partial charge in [-0.15, -0.1) is 0 Å². The molecule has 1 atom stereocenters. The molecule has 1 N–H and O–H groups in total. The minimum Gasteiger partial charge on any atom is -0.468 e. The van der Waals surface area contributed by atoms with Crippen LogP contribution in [0.1, 0.15) is 32.6 Å². The molecule has 0 radical (unpaired) electrons. The van der Waals surface area contributed by atoms with E-state index < -0.39 is 5.54 Å². The van der Waals surface area contributed by atoms with Gasteiger partial charge < -0.3 is 10.1 Å². The number of piperazine rings is 1. The molecule has 0 aromatic rings. The number of ether oxygens (including phenoxy) is 1. The highest BCUT2D eigenvalue weighted by Gasteiger charge is 2.36. The van der Waals surface area contributed by atoms with Crippen molar-refractivity contribution in [1.82, 2.24) is 15.1 Å². The highest BCUT2D eigenvalue weighted by atomic mass is 16.5. The predicted octanol–water partition coefficient (Wildman–Crippen LogP) is 0.698. The zero-order chi connectivity index (χ0) is 14.6. The Balaban J connectivity index is 1.82. The van der Waals surface area contributed by atoms with E-state index in [2.05, 4.69) is 15.1 Å². The summed E-state index contributed by atoms with van der Waals surface area (Å²) in [6.45, 7) is 6.99. The van der Waals surface area contributed by atoms with Crippen LogP contribution >= 0.6 is 0 Å². The van der Waals surface area contributed by atoms with Gasteiger partial charge >= 0.3 is 5.97 Å². The Labute approximate surface area is 122 Å². The van der Waals surface area contributed by atoms with Crippen LogP contribution in [0, 0.1) is 0 Å². The maximum atomic E-state index is 11.9. The fourth-order valence-corrected chi connectivity index (χ4v) is 3.47. The summed E-state index contributed by atoms with van der Waals surface area (Å²) in [5.74, 6) is -0.182. The third-order valence-corrected chi connectivity index (χ3v) is 4.98. The van der Waals surface area contributed by atoms with E-state index in [0.29, 0.717) is 6.54 Å². The van der Waals surface area contributed by atoms with Gasteiger partial charge in [0.05, 0.1) is 7.11 Å². The first-order valence-electron chi connectivity index (χ1n) is 7.83. The molecule has 0 aromatic heterocycles. The summed E-state index contributed by atoms with van der Waals surface area (Å²) in [5.41, 5.74) is -0.607. The van der Waals surface area contributed by atoms with Crippen LogP contribution in [0.5, 0.6) is 0 Å². The summed E-state index contributed by atoms with van der Waals surface area (Å²) in [7, 11) is 3.28. The Morgan fingerprint density at radius 3 is 2.35 bits per heavy atom. The predicted molar refractivity (Wildman–Crippen MR) is 79.7 cm³/mol. The molecule has 0 amide bonds. The van der Waals surface area contributed by atoms with Crippen LogP contribution in [0.2, 0.25) is 0 Å². The first kappa shape index (κ1) is 15.7. The molecule has 1 heterocycles. The van der Waals surface area contributed by atoms with E-state index >= 15 is 0 Å². The summed E-state index contributed by atoms with van der Waals surface area (Å²) < 4.78 is 4.91. The normalized spacial score (nSPS) is 25.6. The van der Waals surface area contributed by atoms with E-state index in [9.17, 15) is 4.79 Å². The maximum Gasteiger partial charge on any atom is 0.327 e. The van der Waals surface area contributed by atoms with Gasteiger partial charge in [-0.25, -0.2) is 0 Å². The molecule has 5 heteroatoms. The number of nitrogens with one attached hydrogen (secondary N) is 1. The average molecular weight is 283 g/mol. The molecular weight excluding hydrogens is 254 g/mol. The van der Waals surface area contributed by atoms with Crippen molar-refractivity contribution in [3.63, 3.8) is 0 Å². The fourth-order valence-electron chi connectivity index (χ4n) is 3.47. The number of esters is 1. The zero-order valence-corrected chi connectivity index (χ0v) is 13.2. The SMILES string of the molecule is CNC(C)(CN1CCN(C2CCCC2)CC1)C(=O)OC. The summed E-state index contributed by atoms with van der Waals surface area (Å²) in [4.78, 5) is 16.9. The van der Waals surface area contributed by atoms with Gasteiger partial charge in [0.15, 0.2) is 0 Å². The highest BCUT2D eigenvalue weighted by molar-refractivity contribution is 5.80. The van der Waals surface area contributed by atoms with Gasteiger partial charge in [-0.2, -0.15) is 0 Å². The lowest BCUT2D eigenvalue weighted by Crippen LogP contribution is -2.59. The molecule has 2 aliphatic rings. The number of hydrogen-bond donors (Lipinski definition) is 1. The molecule has 0 spiro atoms. The third kappa shape index (κ3) is 3.51. The van der Waals surface area contributed by atoms with Gasteiger partial charge in [-0.3, -0.25) is 14.6 Å².